The van der Waals surface area contributed by atoms with Crippen molar-refractivity contribution in [1.29, 1.82) is 0 Å². The number of aromatic nitrogens is 2. The molecule has 150 valence electrons. The highest BCUT2D eigenvalue weighted by Crippen LogP contribution is 2.30. The molecule has 0 spiro atoms. The highest BCUT2D eigenvalue weighted by Gasteiger charge is 2.30. The number of nitrogens with zero attached hydrogens (tertiary/aromatic N) is 3. The van der Waals surface area contributed by atoms with Crippen molar-refractivity contribution < 1.29 is 9.53 Å². The molecule has 0 saturated heterocycles. The third-order valence-corrected chi connectivity index (χ3v) is 5.17. The average Bonchev–Trinajstić information content (AvgIpc) is 2.88. The molecule has 28 heavy (non-hydrogen) atoms. The lowest BCUT2D eigenvalue weighted by Gasteiger charge is -2.28. The first-order valence-electron chi connectivity index (χ1n) is 10.0. The molecule has 5 heteroatoms. The van der Waals surface area contributed by atoms with E-state index in [0.29, 0.717) is 13.1 Å². The van der Waals surface area contributed by atoms with Crippen molar-refractivity contribution in [1.82, 2.24) is 14.9 Å². The number of benzene rings is 1. The highest BCUT2D eigenvalue weighted by molar-refractivity contribution is 5.81. The lowest BCUT2D eigenvalue weighted by atomic mass is 9.94. The van der Waals surface area contributed by atoms with Gasteiger partial charge in [-0.2, -0.15) is 0 Å². The van der Waals surface area contributed by atoms with Crippen LogP contribution in [-0.4, -0.2) is 41.0 Å². The van der Waals surface area contributed by atoms with Crippen LogP contribution in [0.3, 0.4) is 0 Å². The Bertz CT molecular complexity index is 851. The van der Waals surface area contributed by atoms with Crippen LogP contribution < -0.4 is 4.74 Å². The third-order valence-electron chi connectivity index (χ3n) is 5.17. The van der Waals surface area contributed by atoms with Crippen molar-refractivity contribution in [2.24, 2.45) is 5.41 Å². The largest absolute Gasteiger partial charge is 0.497 e. The minimum atomic E-state index is -0.371. The monoisotopic (exact) mass is 381 g/mol. The predicted octanol–water partition coefficient (Wildman–Crippen LogP) is 4.25. The van der Waals surface area contributed by atoms with Gasteiger partial charge in [-0.1, -0.05) is 34.6 Å². The summed E-state index contributed by atoms with van der Waals surface area (Å²) >= 11 is 0. The van der Waals surface area contributed by atoms with Crippen LogP contribution in [0.4, 0.5) is 0 Å². The maximum absolute atomic E-state index is 12.8. The molecule has 3 rings (SSSR count). The van der Waals surface area contributed by atoms with Crippen molar-refractivity contribution in [3.8, 4) is 17.0 Å². The molecule has 1 aliphatic rings. The first-order chi connectivity index (χ1) is 13.2. The second-order valence-electron chi connectivity index (χ2n) is 8.78. The average molecular weight is 382 g/mol. The standard InChI is InChI=1S/C23H31N3O2/c1-15(2)21-24-19-12-14-26(22(27)23(3,4)5)13-11-18(19)20(25-21)16-7-9-17(28-6)10-8-16/h7-10,15H,11-14H2,1-6H3. The summed E-state index contributed by atoms with van der Waals surface area (Å²) in [6, 6.07) is 8.03. The van der Waals surface area contributed by atoms with E-state index >= 15 is 0 Å². The molecular weight excluding hydrogens is 350 g/mol. The molecular formula is C23H31N3O2. The second kappa shape index (κ2) is 7.90. The minimum absolute atomic E-state index is 0.198. The summed E-state index contributed by atoms with van der Waals surface area (Å²) in [7, 11) is 1.67. The predicted molar refractivity (Wildman–Crippen MR) is 112 cm³/mol. The maximum Gasteiger partial charge on any atom is 0.227 e. The van der Waals surface area contributed by atoms with Gasteiger partial charge in [-0.3, -0.25) is 4.79 Å². The molecule has 2 heterocycles. The number of hydrogen-bond donors (Lipinski definition) is 0. The van der Waals surface area contributed by atoms with Gasteiger partial charge in [-0.25, -0.2) is 9.97 Å². The first-order valence-corrected chi connectivity index (χ1v) is 10.0. The number of ether oxygens (including phenoxy) is 1. The number of carbonyl (C=O) groups is 1. The molecule has 1 amide bonds. The zero-order valence-electron chi connectivity index (χ0n) is 17.9. The molecule has 1 aliphatic heterocycles. The van der Waals surface area contributed by atoms with Crippen molar-refractivity contribution in [2.75, 3.05) is 20.2 Å². The zero-order chi connectivity index (χ0) is 20.5. The van der Waals surface area contributed by atoms with E-state index in [4.69, 9.17) is 14.7 Å². The van der Waals surface area contributed by atoms with Crippen LogP contribution in [0.5, 0.6) is 5.75 Å². The van der Waals surface area contributed by atoms with Crippen molar-refractivity contribution >= 4 is 5.91 Å². The molecule has 0 atom stereocenters. The molecule has 0 radical (unpaired) electrons. The number of fused-ring (bicyclic) bond motifs is 1. The van der Waals surface area contributed by atoms with E-state index in [9.17, 15) is 4.79 Å². The van der Waals surface area contributed by atoms with Crippen LogP contribution in [0, 0.1) is 5.41 Å². The molecule has 1 aromatic carbocycles. The van der Waals surface area contributed by atoms with E-state index in [1.54, 1.807) is 7.11 Å². The maximum atomic E-state index is 12.8. The Morgan fingerprint density at radius 2 is 1.71 bits per heavy atom. The molecule has 1 aromatic heterocycles. The Labute approximate surface area is 168 Å². The zero-order valence-corrected chi connectivity index (χ0v) is 17.9. The smallest absolute Gasteiger partial charge is 0.227 e. The Kier molecular flexibility index (Phi) is 5.73. The van der Waals surface area contributed by atoms with Crippen LogP contribution in [0.15, 0.2) is 24.3 Å². The second-order valence-corrected chi connectivity index (χ2v) is 8.78. The van der Waals surface area contributed by atoms with Crippen LogP contribution in [-0.2, 0) is 17.6 Å². The van der Waals surface area contributed by atoms with Gasteiger partial charge in [0, 0.05) is 47.7 Å². The van der Waals surface area contributed by atoms with E-state index in [2.05, 4.69) is 26.0 Å². The van der Waals surface area contributed by atoms with Gasteiger partial charge in [0.05, 0.1) is 12.8 Å². The topological polar surface area (TPSA) is 55.3 Å². The number of hydrogen-bond acceptors (Lipinski definition) is 4. The van der Waals surface area contributed by atoms with E-state index in [0.717, 1.165) is 41.4 Å². The minimum Gasteiger partial charge on any atom is -0.497 e. The van der Waals surface area contributed by atoms with Crippen molar-refractivity contribution in [3.63, 3.8) is 0 Å². The number of carbonyl (C=O) groups excluding carboxylic acids is 1. The van der Waals surface area contributed by atoms with Gasteiger partial charge in [0.2, 0.25) is 5.91 Å². The molecule has 2 aromatic rings. The normalized spacial score (nSPS) is 14.6. The van der Waals surface area contributed by atoms with E-state index in [1.807, 2.05) is 37.8 Å². The third kappa shape index (κ3) is 4.18. The summed E-state index contributed by atoms with van der Waals surface area (Å²) in [5, 5.41) is 0. The van der Waals surface area contributed by atoms with E-state index in [1.165, 1.54) is 5.56 Å². The molecule has 0 fully saturated rings. The quantitative estimate of drug-likeness (QED) is 0.798. The molecule has 0 N–H and O–H groups in total. The Morgan fingerprint density at radius 1 is 1.07 bits per heavy atom. The summed E-state index contributed by atoms with van der Waals surface area (Å²) in [6.45, 7) is 11.6. The van der Waals surface area contributed by atoms with Gasteiger partial charge in [0.25, 0.3) is 0 Å². The lowest BCUT2D eigenvalue weighted by Crippen LogP contribution is -2.40. The van der Waals surface area contributed by atoms with Gasteiger partial charge in [-0.15, -0.1) is 0 Å². The number of methoxy groups -OCH3 is 1. The Balaban J connectivity index is 2.01. The molecule has 0 aliphatic carbocycles. The van der Waals surface area contributed by atoms with E-state index in [-0.39, 0.29) is 17.2 Å². The fraction of sp³-hybridized carbons (Fsp3) is 0.522. The summed E-state index contributed by atoms with van der Waals surface area (Å²) in [5.74, 6) is 2.14. The van der Waals surface area contributed by atoms with Crippen molar-refractivity contribution in [2.45, 2.75) is 53.4 Å². The Morgan fingerprint density at radius 3 is 2.29 bits per heavy atom. The molecule has 0 saturated carbocycles. The first kappa shape index (κ1) is 20.3. The van der Waals surface area contributed by atoms with Gasteiger partial charge in [0.15, 0.2) is 0 Å². The van der Waals surface area contributed by atoms with Crippen molar-refractivity contribution in [3.05, 3.63) is 41.3 Å². The van der Waals surface area contributed by atoms with Crippen LogP contribution in [0.1, 0.15) is 57.6 Å². The van der Waals surface area contributed by atoms with Gasteiger partial charge >= 0.3 is 0 Å². The van der Waals surface area contributed by atoms with Crippen LogP contribution in [0.25, 0.3) is 11.3 Å². The molecule has 0 unspecified atom stereocenters. The SMILES string of the molecule is COc1ccc(-c2nc(C(C)C)nc3c2CCN(C(=O)C(C)(C)C)CC3)cc1. The number of rotatable bonds is 3. The summed E-state index contributed by atoms with van der Waals surface area (Å²) in [5.41, 5.74) is 3.93. The molecule has 0 bridgehead atoms. The summed E-state index contributed by atoms with van der Waals surface area (Å²) < 4.78 is 5.29. The van der Waals surface area contributed by atoms with Crippen LogP contribution in [0.2, 0.25) is 0 Å². The lowest BCUT2D eigenvalue weighted by molar-refractivity contribution is -0.139. The Hall–Kier alpha value is -2.43. The summed E-state index contributed by atoms with van der Waals surface area (Å²) in [6.07, 6.45) is 1.54. The van der Waals surface area contributed by atoms with Gasteiger partial charge < -0.3 is 9.64 Å². The molecule has 5 nitrogen and oxygen atoms in total. The van der Waals surface area contributed by atoms with Crippen LogP contribution >= 0.6 is 0 Å². The van der Waals surface area contributed by atoms with E-state index < -0.39 is 0 Å². The summed E-state index contributed by atoms with van der Waals surface area (Å²) in [4.78, 5) is 24.6. The highest BCUT2D eigenvalue weighted by atomic mass is 16.5. The van der Waals surface area contributed by atoms with Gasteiger partial charge in [-0.05, 0) is 30.7 Å². The fourth-order valence-corrected chi connectivity index (χ4v) is 3.54. The van der Waals surface area contributed by atoms with Gasteiger partial charge in [0.1, 0.15) is 11.6 Å². The fourth-order valence-electron chi connectivity index (χ4n) is 3.54. The number of amides is 1.